The van der Waals surface area contributed by atoms with Gasteiger partial charge in [0.2, 0.25) is 11.8 Å². The van der Waals surface area contributed by atoms with Crippen LogP contribution in [0.3, 0.4) is 0 Å². The lowest BCUT2D eigenvalue weighted by Gasteiger charge is -2.35. The predicted octanol–water partition coefficient (Wildman–Crippen LogP) is 0.902. The molecule has 0 bridgehead atoms. The second-order valence-corrected chi connectivity index (χ2v) is 4.40. The zero-order chi connectivity index (χ0) is 12.8. The number of hydrogen-bond acceptors (Lipinski definition) is 2. The van der Waals surface area contributed by atoms with Crippen LogP contribution in [0.4, 0.5) is 0 Å². The second-order valence-electron chi connectivity index (χ2n) is 4.40. The van der Waals surface area contributed by atoms with Crippen LogP contribution in [-0.2, 0) is 9.59 Å². The number of piperidine rings is 1. The summed E-state index contributed by atoms with van der Waals surface area (Å²) >= 11 is 0. The highest BCUT2D eigenvalue weighted by Crippen LogP contribution is 2.23. The van der Waals surface area contributed by atoms with E-state index in [9.17, 15) is 9.59 Å². The molecule has 1 rings (SSSR count). The van der Waals surface area contributed by atoms with Crippen LogP contribution >= 0.6 is 0 Å². The Morgan fingerprint density at radius 2 is 2.35 bits per heavy atom. The number of carbonyl (C=O) groups is 2. The Kier molecular flexibility index (Phi) is 5.02. The fourth-order valence-electron chi connectivity index (χ4n) is 2.24. The molecular weight excluding hydrogens is 216 g/mol. The highest BCUT2D eigenvalue weighted by atomic mass is 16.2. The Morgan fingerprint density at radius 1 is 1.65 bits per heavy atom. The van der Waals surface area contributed by atoms with Gasteiger partial charge in [0.25, 0.3) is 0 Å². The van der Waals surface area contributed by atoms with E-state index in [-0.39, 0.29) is 5.91 Å². The fraction of sp³-hybridized carbons (Fsp3) is 0.692. The Labute approximate surface area is 103 Å². The molecule has 0 spiro atoms. The maximum Gasteiger partial charge on any atom is 0.240 e. The third-order valence-corrected chi connectivity index (χ3v) is 3.22. The van der Waals surface area contributed by atoms with E-state index in [1.807, 2.05) is 6.92 Å². The van der Waals surface area contributed by atoms with Gasteiger partial charge in [-0.2, -0.15) is 0 Å². The van der Waals surface area contributed by atoms with Gasteiger partial charge in [-0.1, -0.05) is 6.92 Å². The van der Waals surface area contributed by atoms with Crippen LogP contribution < -0.4 is 5.73 Å². The molecule has 1 aliphatic heterocycles. The van der Waals surface area contributed by atoms with Crippen molar-refractivity contribution in [2.24, 2.45) is 11.7 Å². The number of nitrogens with zero attached hydrogens (tertiary/aromatic N) is 1. The molecule has 0 aromatic heterocycles. The third kappa shape index (κ3) is 3.48. The first-order valence-corrected chi connectivity index (χ1v) is 6.08. The fourth-order valence-corrected chi connectivity index (χ4v) is 2.24. The molecular formula is C13H20N2O2. The minimum atomic E-state index is -0.444. The average molecular weight is 236 g/mol. The van der Waals surface area contributed by atoms with Crippen molar-refractivity contribution in [1.29, 1.82) is 0 Å². The Bertz CT molecular complexity index is 354. The van der Waals surface area contributed by atoms with Crippen molar-refractivity contribution >= 4 is 11.8 Å². The summed E-state index contributed by atoms with van der Waals surface area (Å²) in [5.74, 6) is 5.80. The molecule has 0 saturated carbocycles. The van der Waals surface area contributed by atoms with Gasteiger partial charge in [-0.25, -0.2) is 0 Å². The largest absolute Gasteiger partial charge is 0.368 e. The SMILES string of the molecule is CC#CCC1CCN(C(CC)C(N)=O)C(=O)C1. The lowest BCUT2D eigenvalue weighted by molar-refractivity contribution is -0.142. The summed E-state index contributed by atoms with van der Waals surface area (Å²) in [4.78, 5) is 24.8. The molecule has 0 radical (unpaired) electrons. The number of carbonyl (C=O) groups excluding carboxylic acids is 2. The maximum atomic E-state index is 11.9. The van der Waals surface area contributed by atoms with E-state index in [0.29, 0.717) is 25.3 Å². The van der Waals surface area contributed by atoms with Crippen LogP contribution in [0, 0.1) is 17.8 Å². The second kappa shape index (κ2) is 6.29. The van der Waals surface area contributed by atoms with Crippen LogP contribution in [0.2, 0.25) is 0 Å². The first-order valence-electron chi connectivity index (χ1n) is 6.08. The zero-order valence-corrected chi connectivity index (χ0v) is 10.5. The maximum absolute atomic E-state index is 11.9. The minimum Gasteiger partial charge on any atom is -0.368 e. The summed E-state index contributed by atoms with van der Waals surface area (Å²) in [7, 11) is 0. The number of rotatable bonds is 4. The van der Waals surface area contributed by atoms with Gasteiger partial charge in [0.05, 0.1) is 0 Å². The Morgan fingerprint density at radius 3 is 2.82 bits per heavy atom. The number of amides is 2. The van der Waals surface area contributed by atoms with Gasteiger partial charge in [-0.15, -0.1) is 11.8 Å². The van der Waals surface area contributed by atoms with Crippen LogP contribution in [0.5, 0.6) is 0 Å². The van der Waals surface area contributed by atoms with Gasteiger partial charge in [0.1, 0.15) is 6.04 Å². The summed E-state index contributed by atoms with van der Waals surface area (Å²) in [6.07, 6.45) is 2.74. The van der Waals surface area contributed by atoms with E-state index >= 15 is 0 Å². The summed E-state index contributed by atoms with van der Waals surface area (Å²) in [6, 6.07) is -0.444. The zero-order valence-electron chi connectivity index (χ0n) is 10.5. The van der Waals surface area contributed by atoms with E-state index in [1.54, 1.807) is 11.8 Å². The molecule has 0 aromatic rings. The standard InChI is InChI=1S/C13H20N2O2/c1-3-5-6-10-7-8-15(12(16)9-10)11(4-2)13(14)17/h10-11H,4,6-9H2,1-2H3,(H2,14,17). The molecule has 4 heteroatoms. The molecule has 1 aliphatic rings. The molecule has 1 saturated heterocycles. The highest BCUT2D eigenvalue weighted by Gasteiger charge is 2.32. The Balaban J connectivity index is 2.60. The predicted molar refractivity (Wildman–Crippen MR) is 65.8 cm³/mol. The molecule has 2 N–H and O–H groups in total. The number of primary amides is 1. The molecule has 4 nitrogen and oxygen atoms in total. The quantitative estimate of drug-likeness (QED) is 0.737. The summed E-state index contributed by atoms with van der Waals surface area (Å²) in [6.45, 7) is 4.30. The molecule has 2 unspecified atom stereocenters. The average Bonchev–Trinajstić information content (AvgIpc) is 2.29. The third-order valence-electron chi connectivity index (χ3n) is 3.22. The van der Waals surface area contributed by atoms with E-state index < -0.39 is 11.9 Å². The van der Waals surface area contributed by atoms with Crippen LogP contribution in [0.25, 0.3) is 0 Å². The number of hydrogen-bond donors (Lipinski definition) is 1. The van der Waals surface area contributed by atoms with E-state index in [4.69, 9.17) is 5.73 Å². The molecule has 1 fully saturated rings. The monoisotopic (exact) mass is 236 g/mol. The first kappa shape index (κ1) is 13.6. The minimum absolute atomic E-state index is 0.0322. The topological polar surface area (TPSA) is 63.4 Å². The normalized spacial score (nSPS) is 21.6. The van der Waals surface area contributed by atoms with Crippen LogP contribution in [0.1, 0.15) is 39.5 Å². The molecule has 17 heavy (non-hydrogen) atoms. The van der Waals surface area contributed by atoms with Crippen LogP contribution in [-0.4, -0.2) is 29.3 Å². The molecule has 2 atom stereocenters. The first-order chi connectivity index (χ1) is 8.10. The highest BCUT2D eigenvalue weighted by molar-refractivity contribution is 5.87. The molecule has 2 amide bonds. The van der Waals surface area contributed by atoms with E-state index in [0.717, 1.165) is 12.8 Å². The van der Waals surface area contributed by atoms with Crippen molar-refractivity contribution in [2.75, 3.05) is 6.54 Å². The van der Waals surface area contributed by atoms with Gasteiger partial charge >= 0.3 is 0 Å². The summed E-state index contributed by atoms with van der Waals surface area (Å²) < 4.78 is 0. The smallest absolute Gasteiger partial charge is 0.240 e. The lowest BCUT2D eigenvalue weighted by Crippen LogP contribution is -2.50. The van der Waals surface area contributed by atoms with Gasteiger partial charge in [0.15, 0.2) is 0 Å². The summed E-state index contributed by atoms with van der Waals surface area (Å²) in [5.41, 5.74) is 5.30. The molecule has 1 heterocycles. The van der Waals surface area contributed by atoms with Gasteiger partial charge in [0, 0.05) is 19.4 Å². The van der Waals surface area contributed by atoms with Crippen LogP contribution in [0.15, 0.2) is 0 Å². The van der Waals surface area contributed by atoms with E-state index in [1.165, 1.54) is 0 Å². The molecule has 0 aliphatic carbocycles. The van der Waals surface area contributed by atoms with E-state index in [2.05, 4.69) is 11.8 Å². The molecule has 0 aromatic carbocycles. The summed E-state index contributed by atoms with van der Waals surface area (Å²) in [5, 5.41) is 0. The van der Waals surface area contributed by atoms with Gasteiger partial charge in [-0.05, 0) is 25.7 Å². The van der Waals surface area contributed by atoms with Crippen molar-refractivity contribution in [3.05, 3.63) is 0 Å². The van der Waals surface area contributed by atoms with Crippen molar-refractivity contribution in [3.63, 3.8) is 0 Å². The number of likely N-dealkylation sites (tertiary alicyclic amines) is 1. The van der Waals surface area contributed by atoms with Crippen molar-refractivity contribution in [1.82, 2.24) is 4.90 Å². The molecule has 94 valence electrons. The van der Waals surface area contributed by atoms with Gasteiger partial charge in [-0.3, -0.25) is 9.59 Å². The van der Waals surface area contributed by atoms with Crippen molar-refractivity contribution < 1.29 is 9.59 Å². The lowest BCUT2D eigenvalue weighted by atomic mass is 9.92. The van der Waals surface area contributed by atoms with Gasteiger partial charge < -0.3 is 10.6 Å². The number of nitrogens with two attached hydrogens (primary N) is 1. The Hall–Kier alpha value is -1.50. The van der Waals surface area contributed by atoms with Crippen molar-refractivity contribution in [2.45, 2.75) is 45.6 Å². The van der Waals surface area contributed by atoms with Crippen molar-refractivity contribution in [3.8, 4) is 11.8 Å².